The van der Waals surface area contributed by atoms with Gasteiger partial charge in [0.1, 0.15) is 23.5 Å². The molecule has 1 aromatic heterocycles. The lowest BCUT2D eigenvalue weighted by molar-refractivity contribution is 0.499. The van der Waals surface area contributed by atoms with Crippen LogP contribution >= 0.6 is 0 Å². The van der Waals surface area contributed by atoms with Crippen LogP contribution in [0.3, 0.4) is 0 Å². The van der Waals surface area contributed by atoms with Crippen LogP contribution in [0.25, 0.3) is 0 Å². The maximum absolute atomic E-state index is 8.38. The van der Waals surface area contributed by atoms with Crippen molar-refractivity contribution in [2.45, 2.75) is 6.54 Å². The zero-order chi connectivity index (χ0) is 9.52. The van der Waals surface area contributed by atoms with Gasteiger partial charge in [-0.25, -0.2) is 0 Å². The van der Waals surface area contributed by atoms with Gasteiger partial charge in [0, 0.05) is 6.20 Å². The Bertz CT molecular complexity index is 349. The third kappa shape index (κ3) is 2.72. The summed E-state index contributed by atoms with van der Waals surface area (Å²) in [7, 11) is 0. The highest BCUT2D eigenvalue weighted by molar-refractivity contribution is 5.34. The summed E-state index contributed by atoms with van der Waals surface area (Å²) in [6, 6.07) is 7.06. The molecule has 1 N–H and O–H groups in total. The highest BCUT2D eigenvalue weighted by Gasteiger charge is 1.93. The highest BCUT2D eigenvalue weighted by atomic mass is 16.3. The van der Waals surface area contributed by atoms with Gasteiger partial charge < -0.3 is 9.73 Å². The zero-order valence-electron chi connectivity index (χ0n) is 6.82. The number of rotatable bonds is 3. The van der Waals surface area contributed by atoms with Crippen LogP contribution in [-0.4, -0.2) is 0 Å². The van der Waals surface area contributed by atoms with Crippen LogP contribution in [0.2, 0.25) is 0 Å². The van der Waals surface area contributed by atoms with Gasteiger partial charge in [-0.15, -0.1) is 0 Å². The van der Waals surface area contributed by atoms with E-state index in [4.69, 9.17) is 14.9 Å². The molecule has 64 valence electrons. The second-order valence-corrected chi connectivity index (χ2v) is 2.24. The number of furan rings is 1. The van der Waals surface area contributed by atoms with E-state index in [1.54, 1.807) is 30.5 Å². The predicted molar refractivity (Wildman–Crippen MR) is 44.9 cm³/mol. The van der Waals surface area contributed by atoms with E-state index in [1.807, 2.05) is 0 Å². The SMILES string of the molecule is N#CC(C#N)=CNCc1ccco1. The number of allylic oxidation sites excluding steroid dienone is 1. The molecule has 1 heterocycles. The summed E-state index contributed by atoms with van der Waals surface area (Å²) in [6.45, 7) is 0.472. The van der Waals surface area contributed by atoms with Crippen LogP contribution in [0.1, 0.15) is 5.76 Å². The minimum absolute atomic E-state index is 0.0477. The van der Waals surface area contributed by atoms with Gasteiger partial charge in [0.15, 0.2) is 0 Å². The fourth-order valence-electron chi connectivity index (χ4n) is 0.756. The molecule has 4 nitrogen and oxygen atoms in total. The molecule has 0 saturated heterocycles. The summed E-state index contributed by atoms with van der Waals surface area (Å²) >= 11 is 0. The molecule has 0 aromatic carbocycles. The molecule has 0 amide bonds. The molecule has 0 aliphatic carbocycles. The maximum Gasteiger partial charge on any atom is 0.145 e. The topological polar surface area (TPSA) is 72.8 Å². The van der Waals surface area contributed by atoms with Crippen LogP contribution in [0.15, 0.2) is 34.6 Å². The van der Waals surface area contributed by atoms with Crippen molar-refractivity contribution in [3.05, 3.63) is 35.9 Å². The molecule has 0 atom stereocenters. The van der Waals surface area contributed by atoms with E-state index in [1.165, 1.54) is 6.20 Å². The van der Waals surface area contributed by atoms with Gasteiger partial charge >= 0.3 is 0 Å². The van der Waals surface area contributed by atoms with E-state index in [0.29, 0.717) is 6.54 Å². The Hall–Kier alpha value is -2.20. The van der Waals surface area contributed by atoms with E-state index in [0.717, 1.165) is 5.76 Å². The van der Waals surface area contributed by atoms with Gasteiger partial charge in [-0.3, -0.25) is 0 Å². The predicted octanol–water partition coefficient (Wildman–Crippen LogP) is 1.30. The van der Waals surface area contributed by atoms with Crippen LogP contribution in [0, 0.1) is 22.7 Å². The summed E-state index contributed by atoms with van der Waals surface area (Å²) in [6.07, 6.45) is 2.93. The molecule has 4 heteroatoms. The van der Waals surface area contributed by atoms with Crippen LogP contribution in [-0.2, 0) is 6.54 Å². The van der Waals surface area contributed by atoms with Crippen molar-refractivity contribution in [3.8, 4) is 12.1 Å². The third-order valence-corrected chi connectivity index (χ3v) is 1.34. The number of nitriles is 2. The quantitative estimate of drug-likeness (QED) is 0.699. The van der Waals surface area contributed by atoms with Crippen LogP contribution < -0.4 is 5.32 Å². The Morgan fingerprint density at radius 1 is 1.54 bits per heavy atom. The van der Waals surface area contributed by atoms with Crippen molar-refractivity contribution < 1.29 is 4.42 Å². The highest BCUT2D eigenvalue weighted by Crippen LogP contribution is 1.98. The molecule has 13 heavy (non-hydrogen) atoms. The smallest absolute Gasteiger partial charge is 0.145 e. The van der Waals surface area contributed by atoms with Crippen molar-refractivity contribution in [2.24, 2.45) is 0 Å². The van der Waals surface area contributed by atoms with Crippen LogP contribution in [0.5, 0.6) is 0 Å². The molecular formula is C9H7N3O. The Morgan fingerprint density at radius 2 is 2.31 bits per heavy atom. The molecule has 0 saturated carbocycles. The molecule has 0 aliphatic rings. The van der Waals surface area contributed by atoms with E-state index >= 15 is 0 Å². The normalized spacial score (nSPS) is 8.15. The number of hydrogen-bond donors (Lipinski definition) is 1. The molecule has 0 aliphatic heterocycles. The van der Waals surface area contributed by atoms with Crippen molar-refractivity contribution in [1.82, 2.24) is 5.32 Å². The van der Waals surface area contributed by atoms with E-state index in [2.05, 4.69) is 5.32 Å². The Balaban J connectivity index is 2.42. The van der Waals surface area contributed by atoms with Crippen molar-refractivity contribution in [1.29, 1.82) is 10.5 Å². The molecule has 1 rings (SSSR count). The summed E-state index contributed by atoms with van der Waals surface area (Å²) in [4.78, 5) is 0. The molecule has 0 spiro atoms. The lowest BCUT2D eigenvalue weighted by Crippen LogP contribution is -2.04. The standard InChI is InChI=1S/C9H7N3O/c10-4-8(5-11)6-12-7-9-2-1-3-13-9/h1-3,6,12H,7H2. The second-order valence-electron chi connectivity index (χ2n) is 2.24. The minimum Gasteiger partial charge on any atom is -0.467 e. The lowest BCUT2D eigenvalue weighted by atomic mass is 10.3. The van der Waals surface area contributed by atoms with Crippen molar-refractivity contribution >= 4 is 0 Å². The average molecular weight is 173 g/mol. The van der Waals surface area contributed by atoms with Gasteiger partial charge in [0.2, 0.25) is 0 Å². The third-order valence-electron chi connectivity index (χ3n) is 1.34. The van der Waals surface area contributed by atoms with Gasteiger partial charge in [-0.05, 0) is 12.1 Å². The zero-order valence-corrected chi connectivity index (χ0v) is 6.82. The second kappa shape index (κ2) is 4.63. The molecule has 0 fully saturated rings. The molecule has 0 bridgehead atoms. The van der Waals surface area contributed by atoms with Gasteiger partial charge in [-0.2, -0.15) is 10.5 Å². The fraction of sp³-hybridized carbons (Fsp3) is 0.111. The summed E-state index contributed by atoms with van der Waals surface area (Å²) in [5, 5.41) is 19.5. The fourth-order valence-corrected chi connectivity index (χ4v) is 0.756. The number of hydrogen-bond acceptors (Lipinski definition) is 4. The minimum atomic E-state index is 0.0477. The Morgan fingerprint density at radius 3 is 2.85 bits per heavy atom. The Kier molecular flexibility index (Phi) is 3.17. The van der Waals surface area contributed by atoms with Gasteiger partial charge in [0.25, 0.3) is 0 Å². The first-order chi connectivity index (χ1) is 6.36. The number of nitrogens with one attached hydrogen (secondary N) is 1. The monoisotopic (exact) mass is 173 g/mol. The van der Waals surface area contributed by atoms with Crippen LogP contribution in [0.4, 0.5) is 0 Å². The maximum atomic E-state index is 8.38. The summed E-state index contributed by atoms with van der Waals surface area (Å²) in [5.41, 5.74) is 0.0477. The average Bonchev–Trinajstić information content (AvgIpc) is 2.65. The van der Waals surface area contributed by atoms with E-state index < -0.39 is 0 Å². The molecule has 0 unspecified atom stereocenters. The number of nitrogens with zero attached hydrogens (tertiary/aromatic N) is 2. The Labute approximate surface area is 75.7 Å². The summed E-state index contributed by atoms with van der Waals surface area (Å²) in [5.74, 6) is 0.756. The summed E-state index contributed by atoms with van der Waals surface area (Å²) < 4.78 is 5.03. The molecule has 0 radical (unpaired) electrons. The first-order valence-electron chi connectivity index (χ1n) is 3.63. The van der Waals surface area contributed by atoms with Crippen molar-refractivity contribution in [2.75, 3.05) is 0 Å². The first-order valence-corrected chi connectivity index (χ1v) is 3.63. The van der Waals surface area contributed by atoms with Gasteiger partial charge in [-0.1, -0.05) is 0 Å². The molecular weight excluding hydrogens is 166 g/mol. The van der Waals surface area contributed by atoms with Gasteiger partial charge in [0.05, 0.1) is 12.8 Å². The first kappa shape index (κ1) is 8.89. The largest absolute Gasteiger partial charge is 0.467 e. The molecule has 1 aromatic rings. The van der Waals surface area contributed by atoms with E-state index in [9.17, 15) is 0 Å². The lowest BCUT2D eigenvalue weighted by Gasteiger charge is -1.94. The van der Waals surface area contributed by atoms with E-state index in [-0.39, 0.29) is 5.57 Å². The van der Waals surface area contributed by atoms with Crippen molar-refractivity contribution in [3.63, 3.8) is 0 Å².